The smallest absolute Gasteiger partial charge is 0.343 e. The molecule has 150 valence electrons. The van der Waals surface area contributed by atoms with E-state index in [0.29, 0.717) is 24.1 Å². The topological polar surface area (TPSA) is 90.6 Å². The van der Waals surface area contributed by atoms with Crippen LogP contribution < -0.4 is 15.8 Å². The van der Waals surface area contributed by atoms with Gasteiger partial charge in [0.1, 0.15) is 5.75 Å². The van der Waals surface area contributed by atoms with Gasteiger partial charge >= 0.3 is 5.97 Å². The monoisotopic (exact) mass is 396 g/mol. The third-order valence-electron chi connectivity index (χ3n) is 5.73. The third kappa shape index (κ3) is 5.59. The van der Waals surface area contributed by atoms with Crippen LogP contribution in [-0.2, 0) is 20.9 Å². The maximum atomic E-state index is 12.6. The van der Waals surface area contributed by atoms with Crippen LogP contribution in [0.1, 0.15) is 37.7 Å². The largest absolute Gasteiger partial charge is 0.482 e. The minimum Gasteiger partial charge on any atom is -0.482 e. The molecule has 6 nitrogen and oxygen atoms in total. The van der Waals surface area contributed by atoms with E-state index in [1.54, 1.807) is 6.07 Å². The first kappa shape index (κ1) is 21.5. The lowest BCUT2D eigenvalue weighted by molar-refractivity contribution is -0.142. The van der Waals surface area contributed by atoms with E-state index >= 15 is 0 Å². The number of carbonyl (C=O) groups is 2. The Morgan fingerprint density at radius 2 is 1.93 bits per heavy atom. The summed E-state index contributed by atoms with van der Waals surface area (Å²) in [5.74, 6) is 1.34. The Morgan fingerprint density at radius 1 is 1.22 bits per heavy atom. The molecule has 2 bridgehead atoms. The molecule has 1 aromatic rings. The van der Waals surface area contributed by atoms with Gasteiger partial charge in [-0.15, -0.1) is 12.4 Å². The second kappa shape index (κ2) is 9.95. The summed E-state index contributed by atoms with van der Waals surface area (Å²) in [6.45, 7) is 0.323. The number of methoxy groups -OCH3 is 1. The van der Waals surface area contributed by atoms with Gasteiger partial charge in [0, 0.05) is 18.5 Å². The van der Waals surface area contributed by atoms with E-state index in [0.717, 1.165) is 31.2 Å². The van der Waals surface area contributed by atoms with Crippen LogP contribution in [0.25, 0.3) is 0 Å². The van der Waals surface area contributed by atoms with Crippen molar-refractivity contribution in [3.8, 4) is 5.75 Å². The molecule has 27 heavy (non-hydrogen) atoms. The molecule has 0 saturated heterocycles. The summed E-state index contributed by atoms with van der Waals surface area (Å²) >= 11 is 0. The highest BCUT2D eigenvalue weighted by molar-refractivity contribution is 5.85. The van der Waals surface area contributed by atoms with E-state index in [1.807, 2.05) is 18.2 Å². The van der Waals surface area contributed by atoms with Gasteiger partial charge in [-0.25, -0.2) is 4.79 Å². The highest BCUT2D eigenvalue weighted by Gasteiger charge is 2.40. The summed E-state index contributed by atoms with van der Waals surface area (Å²) in [6.07, 6.45) is 5.37. The molecule has 2 saturated carbocycles. The van der Waals surface area contributed by atoms with E-state index in [2.05, 4.69) is 10.1 Å². The molecule has 3 rings (SSSR count). The maximum absolute atomic E-state index is 12.6. The average molecular weight is 397 g/mol. The fourth-order valence-electron chi connectivity index (χ4n) is 4.28. The molecular weight excluding hydrogens is 368 g/mol. The van der Waals surface area contributed by atoms with Crippen molar-refractivity contribution in [2.45, 2.75) is 44.7 Å². The van der Waals surface area contributed by atoms with Crippen LogP contribution in [0.15, 0.2) is 24.3 Å². The van der Waals surface area contributed by atoms with Crippen molar-refractivity contribution in [3.05, 3.63) is 29.8 Å². The molecule has 0 spiro atoms. The molecule has 2 fully saturated rings. The van der Waals surface area contributed by atoms with Crippen molar-refractivity contribution in [1.82, 2.24) is 5.32 Å². The molecule has 0 heterocycles. The average Bonchev–Trinajstić information content (AvgIpc) is 2.64. The Labute approximate surface area is 166 Å². The van der Waals surface area contributed by atoms with Crippen LogP contribution in [0.5, 0.6) is 5.75 Å². The summed E-state index contributed by atoms with van der Waals surface area (Å²) in [5, 5.41) is 3.05. The molecule has 2 aliphatic rings. The number of halogens is 1. The van der Waals surface area contributed by atoms with Gasteiger partial charge in [-0.3, -0.25) is 4.79 Å². The number of rotatable bonds is 6. The lowest BCUT2D eigenvalue weighted by Crippen LogP contribution is -2.49. The van der Waals surface area contributed by atoms with Crippen molar-refractivity contribution < 1.29 is 19.1 Å². The molecule has 0 aromatic heterocycles. The van der Waals surface area contributed by atoms with Gasteiger partial charge < -0.3 is 20.5 Å². The van der Waals surface area contributed by atoms with E-state index < -0.39 is 5.97 Å². The number of hydrogen-bond acceptors (Lipinski definition) is 5. The zero-order valence-electron chi connectivity index (χ0n) is 15.7. The van der Waals surface area contributed by atoms with E-state index in [-0.39, 0.29) is 36.9 Å². The Bertz CT molecular complexity index is 641. The summed E-state index contributed by atoms with van der Waals surface area (Å²) in [7, 11) is 1.32. The Kier molecular flexibility index (Phi) is 7.92. The lowest BCUT2D eigenvalue weighted by atomic mass is 9.65. The van der Waals surface area contributed by atoms with E-state index in [4.69, 9.17) is 10.5 Å². The molecule has 1 amide bonds. The number of ether oxygens (including phenoxy) is 2. The standard InChI is InChI=1S/C20H28N2O4.ClH/c1-25-18(23)12-26-17-7-2-4-13(8-17)11-22-20(24)16-9-14-5-3-6-15(10-16)19(14)21;/h2,4,7-8,14-16,19H,3,5-6,9-12,21H2,1H3,(H,22,24);1H. The van der Waals surface area contributed by atoms with Crippen LogP contribution in [0.4, 0.5) is 0 Å². The Balaban J connectivity index is 0.00000261. The quantitative estimate of drug-likeness (QED) is 0.720. The van der Waals surface area contributed by atoms with Crippen LogP contribution in [-0.4, -0.2) is 31.6 Å². The van der Waals surface area contributed by atoms with Crippen molar-refractivity contribution in [3.63, 3.8) is 0 Å². The number of amides is 1. The van der Waals surface area contributed by atoms with Crippen molar-refractivity contribution >= 4 is 24.3 Å². The first-order valence-electron chi connectivity index (χ1n) is 9.38. The van der Waals surface area contributed by atoms with Gasteiger partial charge in [0.05, 0.1) is 7.11 Å². The summed E-state index contributed by atoms with van der Waals surface area (Å²) < 4.78 is 9.94. The van der Waals surface area contributed by atoms with Gasteiger partial charge in [-0.1, -0.05) is 18.6 Å². The highest BCUT2D eigenvalue weighted by Crippen LogP contribution is 2.41. The number of esters is 1. The molecule has 1 aromatic carbocycles. The molecule has 3 N–H and O–H groups in total. The van der Waals surface area contributed by atoms with Gasteiger partial charge in [0.15, 0.2) is 6.61 Å². The Morgan fingerprint density at radius 3 is 2.59 bits per heavy atom. The van der Waals surface area contributed by atoms with Crippen LogP contribution >= 0.6 is 12.4 Å². The van der Waals surface area contributed by atoms with Crippen LogP contribution in [0, 0.1) is 17.8 Å². The first-order chi connectivity index (χ1) is 12.6. The SMILES string of the molecule is COC(=O)COc1cccc(CNC(=O)C2CC3CCCC(C2)C3N)c1.Cl. The van der Waals surface area contributed by atoms with E-state index in [1.165, 1.54) is 13.5 Å². The number of carbonyl (C=O) groups excluding carboxylic acids is 2. The Hall–Kier alpha value is -1.79. The number of hydrogen-bond donors (Lipinski definition) is 2. The molecule has 2 aliphatic carbocycles. The number of benzene rings is 1. The predicted molar refractivity (Wildman–Crippen MR) is 105 cm³/mol. The third-order valence-corrected chi connectivity index (χ3v) is 5.73. The normalized spacial score (nSPS) is 26.4. The van der Waals surface area contributed by atoms with Crippen LogP contribution in [0.3, 0.4) is 0 Å². The summed E-state index contributed by atoms with van der Waals surface area (Å²) in [4.78, 5) is 23.8. The van der Waals surface area contributed by atoms with Gasteiger partial charge in [0.25, 0.3) is 0 Å². The minimum absolute atomic E-state index is 0. The zero-order chi connectivity index (χ0) is 18.5. The molecular formula is C20H29ClN2O4. The number of fused-ring (bicyclic) bond motifs is 2. The van der Waals surface area contributed by atoms with E-state index in [9.17, 15) is 9.59 Å². The van der Waals surface area contributed by atoms with Crippen LogP contribution in [0.2, 0.25) is 0 Å². The summed E-state index contributed by atoms with van der Waals surface area (Å²) in [6, 6.07) is 7.65. The number of nitrogens with one attached hydrogen (secondary N) is 1. The maximum Gasteiger partial charge on any atom is 0.343 e. The summed E-state index contributed by atoms with van der Waals surface area (Å²) in [5.41, 5.74) is 7.25. The molecule has 0 aliphatic heterocycles. The lowest BCUT2D eigenvalue weighted by Gasteiger charge is -2.43. The highest BCUT2D eigenvalue weighted by atomic mass is 35.5. The fourth-order valence-corrected chi connectivity index (χ4v) is 4.28. The number of nitrogens with two attached hydrogens (primary N) is 1. The molecule has 2 atom stereocenters. The second-order valence-electron chi connectivity index (χ2n) is 7.43. The second-order valence-corrected chi connectivity index (χ2v) is 7.43. The molecule has 7 heteroatoms. The van der Waals surface area contributed by atoms with Crippen molar-refractivity contribution in [1.29, 1.82) is 0 Å². The minimum atomic E-state index is -0.426. The van der Waals surface area contributed by atoms with Crippen molar-refractivity contribution in [2.24, 2.45) is 23.5 Å². The van der Waals surface area contributed by atoms with Crippen molar-refractivity contribution in [2.75, 3.05) is 13.7 Å². The molecule has 2 unspecified atom stereocenters. The van der Waals surface area contributed by atoms with Gasteiger partial charge in [-0.05, 0) is 55.2 Å². The fraction of sp³-hybridized carbons (Fsp3) is 0.600. The predicted octanol–water partition coefficient (Wildman–Crippen LogP) is 2.43. The van der Waals surface area contributed by atoms with Gasteiger partial charge in [-0.2, -0.15) is 0 Å². The first-order valence-corrected chi connectivity index (χ1v) is 9.38. The zero-order valence-corrected chi connectivity index (χ0v) is 16.5. The molecule has 0 radical (unpaired) electrons. The van der Waals surface area contributed by atoms with Gasteiger partial charge in [0.2, 0.25) is 5.91 Å².